The first-order chi connectivity index (χ1) is 15.5. The van der Waals surface area contributed by atoms with Crippen molar-refractivity contribution in [3.05, 3.63) is 118 Å². The van der Waals surface area contributed by atoms with Crippen LogP contribution in [-0.2, 0) is 6.54 Å². The molecule has 1 unspecified atom stereocenters. The lowest BCUT2D eigenvalue weighted by molar-refractivity contribution is 0.194. The third kappa shape index (κ3) is 3.55. The van der Waals surface area contributed by atoms with E-state index < -0.39 is 6.04 Å². The number of fused-ring (bicyclic) bond motifs is 3. The average Bonchev–Trinajstić information content (AvgIpc) is 3.22. The number of para-hydroxylation sites is 1. The number of urea groups is 1. The van der Waals surface area contributed by atoms with Gasteiger partial charge in [-0.1, -0.05) is 48.0 Å². The van der Waals surface area contributed by atoms with Crippen LogP contribution in [0.5, 0.6) is 0 Å². The molecule has 0 aliphatic carbocycles. The summed E-state index contributed by atoms with van der Waals surface area (Å²) in [4.78, 5) is 15.4. The standard InChI is InChI=1S/C26H21ClFN3O/c1-17-21(27)7-4-8-22(17)29-26(32)31-16-19-6-2-3-9-23(19)30-15-5-10-24(30)25(31)18-11-13-20(28)14-12-18/h2-15,25H,16H2,1H3,(H,29,32). The molecule has 2 amide bonds. The summed E-state index contributed by atoms with van der Waals surface area (Å²) >= 11 is 6.26. The van der Waals surface area contributed by atoms with Crippen LogP contribution in [0.4, 0.5) is 14.9 Å². The van der Waals surface area contributed by atoms with Crippen LogP contribution in [0.15, 0.2) is 85.1 Å². The number of halogens is 2. The number of nitrogens with zero attached hydrogens (tertiary/aromatic N) is 2. The summed E-state index contributed by atoms with van der Waals surface area (Å²) in [5.74, 6) is -0.313. The van der Waals surface area contributed by atoms with E-state index in [2.05, 4.69) is 9.88 Å². The molecule has 32 heavy (non-hydrogen) atoms. The summed E-state index contributed by atoms with van der Waals surface area (Å²) in [6.45, 7) is 2.27. The first kappa shape index (κ1) is 20.3. The van der Waals surface area contributed by atoms with Crippen LogP contribution in [0.3, 0.4) is 0 Å². The minimum absolute atomic E-state index is 0.255. The van der Waals surface area contributed by atoms with Gasteiger partial charge in [0.2, 0.25) is 0 Å². The maximum Gasteiger partial charge on any atom is 0.322 e. The Balaban J connectivity index is 1.64. The van der Waals surface area contributed by atoms with Crippen LogP contribution < -0.4 is 5.32 Å². The Bertz CT molecular complexity index is 1300. The highest BCUT2D eigenvalue weighted by molar-refractivity contribution is 6.31. The van der Waals surface area contributed by atoms with E-state index in [1.165, 1.54) is 12.1 Å². The summed E-state index contributed by atoms with van der Waals surface area (Å²) in [5.41, 5.74) is 5.27. The molecule has 1 aliphatic rings. The van der Waals surface area contributed by atoms with Gasteiger partial charge >= 0.3 is 6.03 Å². The monoisotopic (exact) mass is 445 g/mol. The maximum atomic E-state index is 13.7. The van der Waals surface area contributed by atoms with E-state index in [9.17, 15) is 9.18 Å². The van der Waals surface area contributed by atoms with E-state index in [1.807, 2.05) is 61.7 Å². The van der Waals surface area contributed by atoms with Gasteiger partial charge in [0, 0.05) is 22.6 Å². The van der Waals surface area contributed by atoms with Gasteiger partial charge < -0.3 is 14.8 Å². The number of nitrogens with one attached hydrogen (secondary N) is 1. The van der Waals surface area contributed by atoms with Gasteiger partial charge in [-0.25, -0.2) is 9.18 Å². The van der Waals surface area contributed by atoms with Gasteiger partial charge in [0.1, 0.15) is 5.82 Å². The largest absolute Gasteiger partial charge is 0.322 e. The minimum Gasteiger partial charge on any atom is -0.318 e. The van der Waals surface area contributed by atoms with Crippen molar-refractivity contribution in [3.8, 4) is 5.69 Å². The Morgan fingerprint density at radius 3 is 2.59 bits per heavy atom. The van der Waals surface area contributed by atoms with Crippen molar-refractivity contribution in [1.29, 1.82) is 0 Å². The topological polar surface area (TPSA) is 37.3 Å². The summed E-state index contributed by atoms with van der Waals surface area (Å²) < 4.78 is 15.8. The van der Waals surface area contributed by atoms with Crippen molar-refractivity contribution in [1.82, 2.24) is 9.47 Å². The van der Waals surface area contributed by atoms with Gasteiger partial charge in [0.15, 0.2) is 0 Å². The molecule has 160 valence electrons. The van der Waals surface area contributed by atoms with Gasteiger partial charge in [-0.05, 0) is 66.1 Å². The van der Waals surface area contributed by atoms with Crippen molar-refractivity contribution >= 4 is 23.3 Å². The lowest BCUT2D eigenvalue weighted by Crippen LogP contribution is -2.38. The fraction of sp³-hybridized carbons (Fsp3) is 0.115. The van der Waals surface area contributed by atoms with Crippen LogP contribution >= 0.6 is 11.6 Å². The molecule has 1 aliphatic heterocycles. The molecule has 0 radical (unpaired) electrons. The lowest BCUT2D eigenvalue weighted by Gasteiger charge is -2.31. The summed E-state index contributed by atoms with van der Waals surface area (Å²) in [6.07, 6.45) is 1.99. The van der Waals surface area contributed by atoms with Crippen molar-refractivity contribution in [2.45, 2.75) is 19.5 Å². The van der Waals surface area contributed by atoms with E-state index in [0.717, 1.165) is 28.1 Å². The molecule has 3 aromatic carbocycles. The molecule has 1 N–H and O–H groups in total. The summed E-state index contributed by atoms with van der Waals surface area (Å²) in [6, 6.07) is 23.1. The second kappa shape index (κ2) is 8.17. The SMILES string of the molecule is Cc1c(Cl)cccc1NC(=O)N1Cc2ccccc2-n2cccc2C1c1ccc(F)cc1. The quantitative estimate of drug-likeness (QED) is 0.365. The molecule has 6 heteroatoms. The number of hydrogen-bond donors (Lipinski definition) is 1. The van der Waals surface area contributed by atoms with E-state index in [4.69, 9.17) is 11.6 Å². The van der Waals surface area contributed by atoms with Crippen molar-refractivity contribution in [3.63, 3.8) is 0 Å². The Labute approximate surface area is 190 Å². The van der Waals surface area contributed by atoms with Crippen LogP contribution in [0, 0.1) is 12.7 Å². The highest BCUT2D eigenvalue weighted by atomic mass is 35.5. The first-order valence-corrected chi connectivity index (χ1v) is 10.7. The number of aromatic nitrogens is 1. The number of rotatable bonds is 2. The second-order valence-corrected chi connectivity index (χ2v) is 8.26. The molecular weight excluding hydrogens is 425 g/mol. The van der Waals surface area contributed by atoms with E-state index in [1.54, 1.807) is 23.1 Å². The Kier molecular flexibility index (Phi) is 5.19. The number of carbonyl (C=O) groups is 1. The number of hydrogen-bond acceptors (Lipinski definition) is 1. The minimum atomic E-state index is -0.405. The van der Waals surface area contributed by atoms with Crippen LogP contribution in [-0.4, -0.2) is 15.5 Å². The van der Waals surface area contributed by atoms with E-state index in [0.29, 0.717) is 17.3 Å². The molecule has 1 atom stereocenters. The fourth-order valence-corrected chi connectivity index (χ4v) is 4.44. The number of amides is 2. The summed E-state index contributed by atoms with van der Waals surface area (Å²) in [5, 5.41) is 3.62. The van der Waals surface area contributed by atoms with Crippen LogP contribution in [0.2, 0.25) is 5.02 Å². The van der Waals surface area contributed by atoms with Gasteiger partial charge in [-0.15, -0.1) is 0 Å². The molecule has 0 saturated carbocycles. The third-order valence-corrected chi connectivity index (χ3v) is 6.33. The van der Waals surface area contributed by atoms with Crippen LogP contribution in [0.1, 0.15) is 28.4 Å². The molecule has 0 bridgehead atoms. The Morgan fingerprint density at radius 2 is 1.78 bits per heavy atom. The second-order valence-electron chi connectivity index (χ2n) is 7.86. The van der Waals surface area contributed by atoms with Gasteiger partial charge in [0.05, 0.1) is 18.3 Å². The molecule has 0 saturated heterocycles. The summed E-state index contributed by atoms with van der Waals surface area (Å²) in [7, 11) is 0. The normalized spacial score (nSPS) is 15.0. The van der Waals surface area contributed by atoms with Crippen molar-refractivity contribution in [2.75, 3.05) is 5.32 Å². The van der Waals surface area contributed by atoms with Gasteiger partial charge in [-0.2, -0.15) is 0 Å². The number of benzene rings is 3. The molecule has 1 aromatic heterocycles. The highest BCUT2D eigenvalue weighted by Gasteiger charge is 2.33. The molecule has 0 fully saturated rings. The molecule has 4 nitrogen and oxygen atoms in total. The third-order valence-electron chi connectivity index (χ3n) is 5.92. The van der Waals surface area contributed by atoms with E-state index in [-0.39, 0.29) is 11.8 Å². The van der Waals surface area contributed by atoms with Crippen molar-refractivity contribution in [2.24, 2.45) is 0 Å². The average molecular weight is 446 g/mol. The maximum absolute atomic E-state index is 13.7. The first-order valence-electron chi connectivity index (χ1n) is 10.4. The predicted molar refractivity (Wildman–Crippen MR) is 125 cm³/mol. The lowest BCUT2D eigenvalue weighted by atomic mass is 10.0. The number of carbonyl (C=O) groups excluding carboxylic acids is 1. The van der Waals surface area contributed by atoms with Crippen LogP contribution in [0.25, 0.3) is 5.69 Å². The predicted octanol–water partition coefficient (Wildman–Crippen LogP) is 6.72. The van der Waals surface area contributed by atoms with Gasteiger partial charge in [0.25, 0.3) is 0 Å². The molecule has 0 spiro atoms. The van der Waals surface area contributed by atoms with Crippen molar-refractivity contribution < 1.29 is 9.18 Å². The van der Waals surface area contributed by atoms with E-state index >= 15 is 0 Å². The number of anilines is 1. The highest BCUT2D eigenvalue weighted by Crippen LogP contribution is 2.37. The molecule has 5 rings (SSSR count). The molecule has 4 aromatic rings. The smallest absolute Gasteiger partial charge is 0.318 e. The Hall–Kier alpha value is -3.57. The molecule has 2 heterocycles. The Morgan fingerprint density at radius 1 is 1.00 bits per heavy atom. The molecular formula is C26H21ClFN3O. The zero-order valence-electron chi connectivity index (χ0n) is 17.4. The van der Waals surface area contributed by atoms with Gasteiger partial charge in [-0.3, -0.25) is 0 Å². The fourth-order valence-electron chi connectivity index (χ4n) is 4.27. The zero-order valence-corrected chi connectivity index (χ0v) is 18.2. The zero-order chi connectivity index (χ0) is 22.2.